The van der Waals surface area contributed by atoms with Gasteiger partial charge in [0.25, 0.3) is 5.91 Å². The Labute approximate surface area is 157 Å². The van der Waals surface area contributed by atoms with Crippen molar-refractivity contribution in [2.24, 2.45) is 0 Å². The van der Waals surface area contributed by atoms with E-state index in [0.717, 1.165) is 0 Å². The molecule has 0 aliphatic carbocycles. The summed E-state index contributed by atoms with van der Waals surface area (Å²) in [4.78, 5) is 34.3. The average Bonchev–Trinajstić information content (AvgIpc) is 2.66. The van der Waals surface area contributed by atoms with Gasteiger partial charge in [0.15, 0.2) is 0 Å². The number of anilines is 2. The fraction of sp³-hybridized carbons (Fsp3) is 0.250. The zero-order valence-electron chi connectivity index (χ0n) is 15.0. The largest absolute Gasteiger partial charge is 0.494 e. The minimum atomic E-state index is -0.852. The highest BCUT2D eigenvalue weighted by Gasteiger charge is 2.08. The topological polar surface area (TPSA) is 105 Å². The number of rotatable bonds is 9. The van der Waals surface area contributed by atoms with Gasteiger partial charge in [-0.2, -0.15) is 0 Å². The third kappa shape index (κ3) is 6.81. The van der Waals surface area contributed by atoms with Gasteiger partial charge in [-0.25, -0.2) is 0 Å². The Morgan fingerprint density at radius 2 is 1.74 bits per heavy atom. The smallest absolute Gasteiger partial charge is 0.303 e. The fourth-order valence-electron chi connectivity index (χ4n) is 2.24. The molecule has 0 unspecified atom stereocenters. The van der Waals surface area contributed by atoms with Crippen molar-refractivity contribution in [3.05, 3.63) is 54.1 Å². The van der Waals surface area contributed by atoms with Gasteiger partial charge in [-0.3, -0.25) is 14.4 Å². The van der Waals surface area contributed by atoms with Gasteiger partial charge in [-0.15, -0.1) is 0 Å². The Morgan fingerprint density at radius 1 is 1.00 bits per heavy atom. The number of amides is 2. The highest BCUT2D eigenvalue weighted by molar-refractivity contribution is 6.05. The van der Waals surface area contributed by atoms with E-state index in [1.165, 1.54) is 0 Å². The molecule has 2 rings (SSSR count). The summed E-state index contributed by atoms with van der Waals surface area (Å²) in [6.07, 6.45) is 0.853. The minimum absolute atomic E-state index is 0.0614. The lowest BCUT2D eigenvalue weighted by atomic mass is 10.1. The minimum Gasteiger partial charge on any atom is -0.494 e. The number of carbonyl (C=O) groups excluding carboxylic acids is 2. The first kappa shape index (κ1) is 20.0. The van der Waals surface area contributed by atoms with Crippen molar-refractivity contribution in [2.75, 3.05) is 17.2 Å². The number of nitrogens with one attached hydrogen (secondary N) is 2. The van der Waals surface area contributed by atoms with Crippen LogP contribution in [0.5, 0.6) is 5.75 Å². The summed E-state index contributed by atoms with van der Waals surface area (Å²) in [5.41, 5.74) is 1.60. The maximum absolute atomic E-state index is 12.4. The molecule has 7 nitrogen and oxygen atoms in total. The number of benzene rings is 2. The van der Waals surface area contributed by atoms with E-state index in [9.17, 15) is 14.4 Å². The molecule has 142 valence electrons. The quantitative estimate of drug-likeness (QED) is 0.586. The zero-order chi connectivity index (χ0) is 19.6. The normalized spacial score (nSPS) is 10.1. The van der Waals surface area contributed by atoms with Crippen LogP contribution in [0.4, 0.5) is 11.4 Å². The van der Waals surface area contributed by atoms with Gasteiger partial charge in [0, 0.05) is 29.8 Å². The number of carboxylic acid groups (broad SMARTS) is 1. The summed E-state index contributed by atoms with van der Waals surface area (Å²) in [6, 6.07) is 13.5. The summed E-state index contributed by atoms with van der Waals surface area (Å²) in [5.74, 6) is -0.665. The Bertz CT molecular complexity index is 802. The second-order valence-electron chi connectivity index (χ2n) is 5.81. The first-order valence-electron chi connectivity index (χ1n) is 8.64. The van der Waals surface area contributed by atoms with Gasteiger partial charge in [0.05, 0.1) is 6.61 Å². The lowest BCUT2D eigenvalue weighted by Gasteiger charge is -2.09. The number of ether oxygens (including phenoxy) is 1. The number of aliphatic carboxylic acids is 1. The summed E-state index contributed by atoms with van der Waals surface area (Å²) in [5, 5.41) is 14.1. The molecule has 0 saturated carbocycles. The molecule has 0 aliphatic rings. The van der Waals surface area contributed by atoms with Crippen LogP contribution in [0.3, 0.4) is 0 Å². The van der Waals surface area contributed by atoms with Gasteiger partial charge in [-0.05, 0) is 48.9 Å². The average molecular weight is 370 g/mol. The molecule has 3 N–H and O–H groups in total. The predicted octanol–water partition coefficient (Wildman–Crippen LogP) is 3.53. The van der Waals surface area contributed by atoms with Crippen molar-refractivity contribution in [2.45, 2.75) is 26.2 Å². The third-order valence-corrected chi connectivity index (χ3v) is 3.65. The van der Waals surface area contributed by atoms with Crippen LogP contribution in [0, 0.1) is 0 Å². The maximum Gasteiger partial charge on any atom is 0.303 e. The fourth-order valence-corrected chi connectivity index (χ4v) is 2.24. The van der Waals surface area contributed by atoms with Crippen molar-refractivity contribution in [3.8, 4) is 5.75 Å². The molecule has 2 amide bonds. The Hall–Kier alpha value is -3.35. The first-order valence-corrected chi connectivity index (χ1v) is 8.64. The van der Waals surface area contributed by atoms with Gasteiger partial charge in [0.2, 0.25) is 5.91 Å². The Balaban J connectivity index is 1.91. The van der Waals surface area contributed by atoms with Crippen LogP contribution in [0.1, 0.15) is 36.5 Å². The highest BCUT2D eigenvalue weighted by atomic mass is 16.5. The van der Waals surface area contributed by atoms with E-state index >= 15 is 0 Å². The molecular formula is C20H22N2O5. The third-order valence-electron chi connectivity index (χ3n) is 3.65. The second kappa shape index (κ2) is 9.96. The molecule has 2 aromatic carbocycles. The van der Waals surface area contributed by atoms with Crippen LogP contribution in [-0.2, 0) is 9.59 Å². The molecule has 27 heavy (non-hydrogen) atoms. The van der Waals surface area contributed by atoms with Crippen LogP contribution in [0.15, 0.2) is 48.5 Å². The Morgan fingerprint density at radius 3 is 2.41 bits per heavy atom. The van der Waals surface area contributed by atoms with E-state index in [2.05, 4.69) is 10.6 Å². The van der Waals surface area contributed by atoms with Gasteiger partial charge >= 0.3 is 5.97 Å². The van der Waals surface area contributed by atoms with Crippen LogP contribution in [0.2, 0.25) is 0 Å². The molecule has 0 saturated heterocycles. The molecular weight excluding hydrogens is 348 g/mol. The van der Waals surface area contributed by atoms with Gasteiger partial charge < -0.3 is 20.5 Å². The molecule has 0 spiro atoms. The molecule has 0 fully saturated rings. The van der Waals surface area contributed by atoms with Crippen LogP contribution >= 0.6 is 0 Å². The van der Waals surface area contributed by atoms with E-state index in [-0.39, 0.29) is 18.2 Å². The summed E-state index contributed by atoms with van der Waals surface area (Å²) in [7, 11) is 0. The maximum atomic E-state index is 12.4. The molecule has 0 atom stereocenters. The van der Waals surface area contributed by atoms with Gasteiger partial charge in [0.1, 0.15) is 5.75 Å². The molecule has 2 aromatic rings. The van der Waals surface area contributed by atoms with Crippen molar-refractivity contribution in [3.63, 3.8) is 0 Å². The van der Waals surface area contributed by atoms with E-state index in [1.54, 1.807) is 55.5 Å². The van der Waals surface area contributed by atoms with E-state index in [0.29, 0.717) is 42.1 Å². The lowest BCUT2D eigenvalue weighted by Crippen LogP contribution is -2.13. The van der Waals surface area contributed by atoms with Crippen molar-refractivity contribution >= 4 is 29.2 Å². The monoisotopic (exact) mass is 370 g/mol. The van der Waals surface area contributed by atoms with Crippen LogP contribution in [-0.4, -0.2) is 29.5 Å². The number of carbonyl (C=O) groups is 3. The van der Waals surface area contributed by atoms with Crippen LogP contribution in [0.25, 0.3) is 0 Å². The highest BCUT2D eigenvalue weighted by Crippen LogP contribution is 2.18. The second-order valence-corrected chi connectivity index (χ2v) is 5.81. The summed E-state index contributed by atoms with van der Waals surface area (Å²) in [6.45, 7) is 2.07. The number of hydrogen-bond acceptors (Lipinski definition) is 4. The summed E-state index contributed by atoms with van der Waals surface area (Å²) < 4.78 is 5.45. The van der Waals surface area contributed by atoms with E-state index in [1.807, 2.05) is 0 Å². The van der Waals surface area contributed by atoms with Gasteiger partial charge in [-0.1, -0.05) is 13.0 Å². The first-order chi connectivity index (χ1) is 13.0. The zero-order valence-corrected chi connectivity index (χ0v) is 15.0. The SMILES string of the molecule is CCC(=O)Nc1cccc(C(=O)Nc2ccc(OCCCC(=O)O)cc2)c1. The van der Waals surface area contributed by atoms with Crippen molar-refractivity contribution in [1.82, 2.24) is 0 Å². The number of carboxylic acids is 1. The van der Waals surface area contributed by atoms with Crippen molar-refractivity contribution in [1.29, 1.82) is 0 Å². The van der Waals surface area contributed by atoms with E-state index < -0.39 is 5.97 Å². The Kier molecular flexibility index (Phi) is 7.37. The molecule has 0 aromatic heterocycles. The molecule has 0 radical (unpaired) electrons. The molecule has 0 aliphatic heterocycles. The van der Waals surface area contributed by atoms with E-state index in [4.69, 9.17) is 9.84 Å². The van der Waals surface area contributed by atoms with Crippen LogP contribution < -0.4 is 15.4 Å². The molecule has 0 heterocycles. The standard InChI is InChI=1S/C20H22N2O5/c1-2-18(23)21-16-6-3-5-14(13-16)20(26)22-15-8-10-17(11-9-15)27-12-4-7-19(24)25/h3,5-6,8-11,13H,2,4,7,12H2,1H3,(H,21,23)(H,22,26)(H,24,25). The lowest BCUT2D eigenvalue weighted by molar-refractivity contribution is -0.137. The molecule has 0 bridgehead atoms. The predicted molar refractivity (Wildman–Crippen MR) is 102 cm³/mol. The molecule has 7 heteroatoms. The van der Waals surface area contributed by atoms with Crippen molar-refractivity contribution < 1.29 is 24.2 Å². The number of hydrogen-bond donors (Lipinski definition) is 3. The summed E-state index contributed by atoms with van der Waals surface area (Å²) >= 11 is 0.